The zero-order valence-corrected chi connectivity index (χ0v) is 12.7. The van der Waals surface area contributed by atoms with Crippen LogP contribution >= 0.6 is 11.7 Å². The van der Waals surface area contributed by atoms with Gasteiger partial charge in [0.1, 0.15) is 0 Å². The summed E-state index contributed by atoms with van der Waals surface area (Å²) in [5.41, 5.74) is 3.84. The molecular formula is C16H21N3S. The lowest BCUT2D eigenvalue weighted by Gasteiger charge is -2.27. The van der Waals surface area contributed by atoms with Gasteiger partial charge in [0.2, 0.25) is 0 Å². The van der Waals surface area contributed by atoms with Crippen molar-refractivity contribution in [2.24, 2.45) is 0 Å². The Kier molecular flexibility index (Phi) is 4.43. The maximum Gasteiger partial charge on any atom is 0.0957 e. The molecule has 0 amide bonds. The molecule has 3 nitrogen and oxygen atoms in total. The van der Waals surface area contributed by atoms with Crippen LogP contribution in [0.25, 0.3) is 0 Å². The molecule has 0 radical (unpaired) electrons. The number of aromatic nitrogens is 2. The molecule has 1 aliphatic carbocycles. The van der Waals surface area contributed by atoms with Crippen molar-refractivity contribution in [3.05, 3.63) is 47.3 Å². The first-order valence-electron chi connectivity index (χ1n) is 7.49. The second-order valence-corrected chi connectivity index (χ2v) is 6.07. The van der Waals surface area contributed by atoms with Gasteiger partial charge in [-0.15, -0.1) is 0 Å². The van der Waals surface area contributed by atoms with Crippen molar-refractivity contribution in [1.82, 2.24) is 14.1 Å². The molecule has 1 aromatic heterocycles. The minimum absolute atomic E-state index is 0.175. The SMILES string of the molecule is CCCNC(c1cccc(C2CCC2)c1)c1cnsn1. The summed E-state index contributed by atoms with van der Waals surface area (Å²) in [5, 5.41) is 3.59. The molecule has 0 saturated heterocycles. The molecule has 1 fully saturated rings. The van der Waals surface area contributed by atoms with Crippen molar-refractivity contribution in [3.63, 3.8) is 0 Å². The van der Waals surface area contributed by atoms with Gasteiger partial charge >= 0.3 is 0 Å². The van der Waals surface area contributed by atoms with Gasteiger partial charge in [-0.25, -0.2) is 0 Å². The second-order valence-electron chi connectivity index (χ2n) is 5.52. The van der Waals surface area contributed by atoms with Crippen LogP contribution in [0.3, 0.4) is 0 Å². The quantitative estimate of drug-likeness (QED) is 0.875. The lowest BCUT2D eigenvalue weighted by atomic mass is 9.79. The van der Waals surface area contributed by atoms with E-state index >= 15 is 0 Å². The number of hydrogen-bond donors (Lipinski definition) is 1. The van der Waals surface area contributed by atoms with Crippen LogP contribution in [0.2, 0.25) is 0 Å². The molecule has 1 N–H and O–H groups in total. The first kappa shape index (κ1) is 13.7. The average molecular weight is 287 g/mol. The van der Waals surface area contributed by atoms with E-state index in [2.05, 4.69) is 45.3 Å². The van der Waals surface area contributed by atoms with Gasteiger partial charge in [-0.1, -0.05) is 37.6 Å². The van der Waals surface area contributed by atoms with Gasteiger partial charge in [-0.2, -0.15) is 8.75 Å². The molecule has 1 aliphatic rings. The fourth-order valence-electron chi connectivity index (χ4n) is 2.72. The van der Waals surface area contributed by atoms with Crippen LogP contribution in [0.5, 0.6) is 0 Å². The maximum absolute atomic E-state index is 4.42. The van der Waals surface area contributed by atoms with Crippen molar-refractivity contribution in [3.8, 4) is 0 Å². The number of hydrogen-bond acceptors (Lipinski definition) is 4. The summed E-state index contributed by atoms with van der Waals surface area (Å²) in [5.74, 6) is 0.773. The Morgan fingerprint density at radius 3 is 2.95 bits per heavy atom. The van der Waals surface area contributed by atoms with Gasteiger partial charge in [0, 0.05) is 0 Å². The first-order chi connectivity index (χ1) is 9.88. The van der Waals surface area contributed by atoms with Gasteiger partial charge in [-0.05, 0) is 42.9 Å². The third-order valence-corrected chi connectivity index (χ3v) is 4.59. The van der Waals surface area contributed by atoms with Gasteiger partial charge in [0.05, 0.1) is 29.7 Å². The highest BCUT2D eigenvalue weighted by atomic mass is 32.1. The zero-order valence-electron chi connectivity index (χ0n) is 11.9. The van der Waals surface area contributed by atoms with Crippen molar-refractivity contribution in [1.29, 1.82) is 0 Å². The van der Waals surface area contributed by atoms with E-state index < -0.39 is 0 Å². The lowest BCUT2D eigenvalue weighted by Crippen LogP contribution is -2.23. The third-order valence-electron chi connectivity index (χ3n) is 4.09. The lowest BCUT2D eigenvalue weighted by molar-refractivity contribution is 0.419. The largest absolute Gasteiger partial charge is 0.305 e. The Hall–Kier alpha value is -1.26. The van der Waals surface area contributed by atoms with Gasteiger partial charge < -0.3 is 5.32 Å². The fourth-order valence-corrected chi connectivity index (χ4v) is 3.16. The molecule has 106 valence electrons. The summed E-state index contributed by atoms with van der Waals surface area (Å²) in [7, 11) is 0. The van der Waals surface area contributed by atoms with E-state index in [9.17, 15) is 0 Å². The van der Waals surface area contributed by atoms with Crippen molar-refractivity contribution >= 4 is 11.7 Å². The van der Waals surface area contributed by atoms with E-state index in [1.165, 1.54) is 42.1 Å². The van der Waals surface area contributed by atoms with E-state index in [0.717, 1.165) is 24.6 Å². The van der Waals surface area contributed by atoms with Crippen LogP contribution in [-0.4, -0.2) is 15.3 Å². The van der Waals surface area contributed by atoms with Crippen LogP contribution in [0.4, 0.5) is 0 Å². The molecule has 20 heavy (non-hydrogen) atoms. The van der Waals surface area contributed by atoms with Crippen molar-refractivity contribution in [2.45, 2.75) is 44.6 Å². The summed E-state index contributed by atoms with van der Waals surface area (Å²) >= 11 is 1.28. The van der Waals surface area contributed by atoms with Crippen LogP contribution in [0.15, 0.2) is 30.5 Å². The Labute approximate surface area is 124 Å². The number of rotatable bonds is 6. The Morgan fingerprint density at radius 1 is 1.40 bits per heavy atom. The molecule has 0 aliphatic heterocycles. The highest BCUT2D eigenvalue weighted by Gasteiger charge is 2.22. The van der Waals surface area contributed by atoms with Crippen LogP contribution < -0.4 is 5.32 Å². The number of benzene rings is 1. The molecule has 0 bridgehead atoms. The fraction of sp³-hybridized carbons (Fsp3) is 0.500. The molecule has 1 saturated carbocycles. The third kappa shape index (κ3) is 2.91. The maximum atomic E-state index is 4.42. The van der Waals surface area contributed by atoms with E-state index in [0.29, 0.717) is 0 Å². The summed E-state index contributed by atoms with van der Waals surface area (Å²) in [6.07, 6.45) is 7.07. The predicted octanol–water partition coefficient (Wildman–Crippen LogP) is 3.89. The molecular weight excluding hydrogens is 266 g/mol. The predicted molar refractivity (Wildman–Crippen MR) is 83.1 cm³/mol. The molecule has 1 heterocycles. The molecule has 1 unspecified atom stereocenters. The van der Waals surface area contributed by atoms with E-state index in [4.69, 9.17) is 0 Å². The van der Waals surface area contributed by atoms with Crippen LogP contribution in [0, 0.1) is 0 Å². The summed E-state index contributed by atoms with van der Waals surface area (Å²) < 4.78 is 8.57. The Balaban J connectivity index is 1.86. The number of nitrogens with one attached hydrogen (secondary N) is 1. The summed E-state index contributed by atoms with van der Waals surface area (Å²) in [6, 6.07) is 9.19. The average Bonchev–Trinajstić information content (AvgIpc) is 2.92. The van der Waals surface area contributed by atoms with E-state index in [-0.39, 0.29) is 6.04 Å². The normalized spacial score (nSPS) is 16.9. The second kappa shape index (κ2) is 6.46. The first-order valence-corrected chi connectivity index (χ1v) is 8.22. The van der Waals surface area contributed by atoms with E-state index in [1.807, 2.05) is 6.20 Å². The minimum atomic E-state index is 0.175. The highest BCUT2D eigenvalue weighted by molar-refractivity contribution is 6.99. The summed E-state index contributed by atoms with van der Waals surface area (Å²) in [6.45, 7) is 3.18. The van der Waals surface area contributed by atoms with Crippen LogP contribution in [-0.2, 0) is 0 Å². The smallest absolute Gasteiger partial charge is 0.0957 e. The van der Waals surface area contributed by atoms with Gasteiger partial charge in [0.15, 0.2) is 0 Å². The van der Waals surface area contributed by atoms with Crippen molar-refractivity contribution in [2.75, 3.05) is 6.54 Å². The van der Waals surface area contributed by atoms with E-state index in [1.54, 1.807) is 0 Å². The molecule has 4 heteroatoms. The van der Waals surface area contributed by atoms with Gasteiger partial charge in [0.25, 0.3) is 0 Å². The summed E-state index contributed by atoms with van der Waals surface area (Å²) in [4.78, 5) is 0. The Morgan fingerprint density at radius 2 is 2.30 bits per heavy atom. The standard InChI is InChI=1S/C16H21N3S/c1-2-9-17-16(15-11-18-20-19-15)14-8-4-7-13(10-14)12-5-3-6-12/h4,7-8,10-12,16-17H,2-3,5-6,9H2,1H3. The molecule has 0 spiro atoms. The zero-order chi connectivity index (χ0) is 13.8. The monoisotopic (exact) mass is 287 g/mol. The highest BCUT2D eigenvalue weighted by Crippen LogP contribution is 2.37. The minimum Gasteiger partial charge on any atom is -0.305 e. The topological polar surface area (TPSA) is 37.8 Å². The Bertz CT molecular complexity index is 534. The number of nitrogens with zero attached hydrogens (tertiary/aromatic N) is 2. The molecule has 2 aromatic rings. The molecule has 1 aromatic carbocycles. The molecule has 3 rings (SSSR count). The van der Waals surface area contributed by atoms with Gasteiger partial charge in [-0.3, -0.25) is 0 Å². The van der Waals surface area contributed by atoms with Crippen molar-refractivity contribution < 1.29 is 0 Å². The molecule has 1 atom stereocenters. The van der Waals surface area contributed by atoms with Crippen LogP contribution in [0.1, 0.15) is 61.4 Å².